The number of aromatic nitrogens is 2. The summed E-state index contributed by atoms with van der Waals surface area (Å²) in [7, 11) is 0. The average molecular weight is 361 g/mol. The fourth-order valence-corrected chi connectivity index (χ4v) is 3.32. The fourth-order valence-electron chi connectivity index (χ4n) is 3.17. The number of nitrogens with zero attached hydrogens (tertiary/aromatic N) is 3. The van der Waals surface area contributed by atoms with Gasteiger partial charge >= 0.3 is 0 Å². The molecule has 2 heterocycles. The molecule has 25 heavy (non-hydrogen) atoms. The van der Waals surface area contributed by atoms with Crippen LogP contribution in [-0.2, 0) is 6.54 Å². The molecule has 1 N–H and O–H groups in total. The maximum Gasteiger partial charge on any atom is 0.224 e. The summed E-state index contributed by atoms with van der Waals surface area (Å²) in [5.74, 6) is 1.80. The molecule has 5 nitrogen and oxygen atoms in total. The Labute approximate surface area is 154 Å². The van der Waals surface area contributed by atoms with Gasteiger partial charge in [0, 0.05) is 31.9 Å². The number of hydrogen-bond acceptors (Lipinski definition) is 5. The minimum absolute atomic E-state index is 0.284. The Morgan fingerprint density at radius 3 is 2.80 bits per heavy atom. The lowest BCUT2D eigenvalue weighted by Crippen LogP contribution is -2.38. The zero-order chi connectivity index (χ0) is 17.6. The molecule has 1 aromatic heterocycles. The maximum atomic E-state index is 5.84. The van der Waals surface area contributed by atoms with Gasteiger partial charge in [-0.15, -0.1) is 0 Å². The number of aryl methyl sites for hydroxylation is 1. The Hall–Kier alpha value is -1.85. The van der Waals surface area contributed by atoms with Crippen LogP contribution in [0.5, 0.6) is 5.75 Å². The first kappa shape index (κ1) is 18.0. The van der Waals surface area contributed by atoms with Crippen LogP contribution in [0.4, 0.5) is 5.82 Å². The van der Waals surface area contributed by atoms with E-state index < -0.39 is 0 Å². The van der Waals surface area contributed by atoms with Crippen molar-refractivity contribution in [3.05, 3.63) is 46.9 Å². The molecule has 1 aliphatic heterocycles. The van der Waals surface area contributed by atoms with Gasteiger partial charge < -0.3 is 10.1 Å². The molecule has 1 saturated heterocycles. The van der Waals surface area contributed by atoms with E-state index in [1.54, 1.807) is 6.20 Å². The van der Waals surface area contributed by atoms with Crippen molar-refractivity contribution in [2.45, 2.75) is 39.3 Å². The molecule has 0 radical (unpaired) electrons. The predicted octanol–water partition coefficient (Wildman–Crippen LogP) is 3.91. The van der Waals surface area contributed by atoms with Crippen molar-refractivity contribution >= 4 is 17.4 Å². The first-order chi connectivity index (χ1) is 12.1. The molecule has 0 bridgehead atoms. The van der Waals surface area contributed by atoms with Gasteiger partial charge in [-0.05, 0) is 61.5 Å². The largest absolute Gasteiger partial charge is 0.494 e. The minimum atomic E-state index is 0.284. The van der Waals surface area contributed by atoms with Gasteiger partial charge in [-0.25, -0.2) is 9.97 Å². The Kier molecular flexibility index (Phi) is 6.10. The number of benzene rings is 1. The van der Waals surface area contributed by atoms with E-state index in [1.807, 2.05) is 13.0 Å². The summed E-state index contributed by atoms with van der Waals surface area (Å²) in [6.45, 7) is 7.91. The molecule has 134 valence electrons. The lowest BCUT2D eigenvalue weighted by Gasteiger charge is -2.32. The summed E-state index contributed by atoms with van der Waals surface area (Å²) in [6, 6.07) is 8.81. The van der Waals surface area contributed by atoms with E-state index in [1.165, 1.54) is 11.1 Å². The molecule has 0 unspecified atom stereocenters. The summed E-state index contributed by atoms with van der Waals surface area (Å²) in [5, 5.41) is 3.74. The van der Waals surface area contributed by atoms with Crippen molar-refractivity contribution in [1.82, 2.24) is 14.9 Å². The van der Waals surface area contributed by atoms with E-state index in [9.17, 15) is 0 Å². The summed E-state index contributed by atoms with van der Waals surface area (Å²) < 4.78 is 5.71. The van der Waals surface area contributed by atoms with E-state index in [-0.39, 0.29) is 5.28 Å². The van der Waals surface area contributed by atoms with Crippen LogP contribution in [0.1, 0.15) is 30.9 Å². The second-order valence-electron chi connectivity index (χ2n) is 6.44. The predicted molar refractivity (Wildman–Crippen MR) is 101 cm³/mol. The molecular weight excluding hydrogens is 336 g/mol. The van der Waals surface area contributed by atoms with Crippen LogP contribution in [0.15, 0.2) is 30.5 Å². The van der Waals surface area contributed by atoms with Crippen molar-refractivity contribution in [3.63, 3.8) is 0 Å². The summed E-state index contributed by atoms with van der Waals surface area (Å²) in [4.78, 5) is 10.6. The highest BCUT2D eigenvalue weighted by atomic mass is 35.5. The highest BCUT2D eigenvalue weighted by Gasteiger charge is 2.19. The number of halogens is 1. The minimum Gasteiger partial charge on any atom is -0.494 e. The lowest BCUT2D eigenvalue weighted by molar-refractivity contribution is 0.211. The van der Waals surface area contributed by atoms with Gasteiger partial charge in [0.05, 0.1) is 6.61 Å². The number of rotatable bonds is 6. The Balaban J connectivity index is 1.51. The molecule has 0 amide bonds. The molecular formula is C19H25ClN4O. The second-order valence-corrected chi connectivity index (χ2v) is 6.78. The molecule has 0 saturated carbocycles. The number of nitrogens with one attached hydrogen (secondary N) is 1. The van der Waals surface area contributed by atoms with E-state index in [4.69, 9.17) is 16.3 Å². The first-order valence-electron chi connectivity index (χ1n) is 8.84. The highest BCUT2D eigenvalue weighted by Crippen LogP contribution is 2.22. The molecule has 1 fully saturated rings. The van der Waals surface area contributed by atoms with E-state index in [0.717, 1.165) is 44.0 Å². The third-order valence-corrected chi connectivity index (χ3v) is 4.71. The van der Waals surface area contributed by atoms with E-state index in [0.29, 0.717) is 12.6 Å². The monoisotopic (exact) mass is 360 g/mol. The molecule has 2 aromatic rings. The topological polar surface area (TPSA) is 50.3 Å². The molecule has 0 spiro atoms. The van der Waals surface area contributed by atoms with Crippen LogP contribution < -0.4 is 10.1 Å². The third kappa shape index (κ3) is 5.06. The van der Waals surface area contributed by atoms with Gasteiger partial charge in [-0.3, -0.25) is 4.90 Å². The van der Waals surface area contributed by atoms with Crippen LogP contribution in [0.2, 0.25) is 5.28 Å². The third-order valence-electron chi connectivity index (χ3n) is 4.52. The van der Waals surface area contributed by atoms with Crippen molar-refractivity contribution < 1.29 is 4.74 Å². The van der Waals surface area contributed by atoms with Gasteiger partial charge in [0.1, 0.15) is 11.6 Å². The Bertz CT molecular complexity index is 702. The SMILES string of the molecule is CCOc1cc(CN2CCC(Nc3ccnc(Cl)n3)CC2)ccc1C. The molecule has 0 aliphatic carbocycles. The quantitative estimate of drug-likeness (QED) is 0.791. The van der Waals surface area contributed by atoms with Gasteiger partial charge in [0.2, 0.25) is 5.28 Å². The zero-order valence-electron chi connectivity index (χ0n) is 14.8. The molecule has 3 rings (SSSR count). The normalized spacial score (nSPS) is 16.0. The molecule has 1 aromatic carbocycles. The summed E-state index contributed by atoms with van der Waals surface area (Å²) >= 11 is 5.84. The van der Waals surface area contributed by atoms with Crippen molar-refractivity contribution in [3.8, 4) is 5.75 Å². The van der Waals surface area contributed by atoms with Gasteiger partial charge in [-0.1, -0.05) is 12.1 Å². The average Bonchev–Trinajstić information content (AvgIpc) is 2.60. The van der Waals surface area contributed by atoms with Gasteiger partial charge in [0.25, 0.3) is 0 Å². The van der Waals surface area contributed by atoms with Crippen molar-refractivity contribution in [2.75, 3.05) is 25.0 Å². The second kappa shape index (κ2) is 8.50. The van der Waals surface area contributed by atoms with E-state index >= 15 is 0 Å². The van der Waals surface area contributed by atoms with Crippen LogP contribution in [0.25, 0.3) is 0 Å². The smallest absolute Gasteiger partial charge is 0.224 e. The molecule has 1 aliphatic rings. The standard InChI is InChI=1S/C19H25ClN4O/c1-3-25-17-12-15(5-4-14(17)2)13-24-10-7-16(8-11-24)22-18-6-9-21-19(20)23-18/h4-6,9,12,16H,3,7-8,10-11,13H2,1-2H3,(H,21,22,23). The first-order valence-corrected chi connectivity index (χ1v) is 9.21. The zero-order valence-corrected chi connectivity index (χ0v) is 15.6. The Morgan fingerprint density at radius 2 is 2.08 bits per heavy atom. The number of anilines is 1. The molecule has 0 atom stereocenters. The number of likely N-dealkylation sites (tertiary alicyclic amines) is 1. The van der Waals surface area contributed by atoms with Gasteiger partial charge in [0.15, 0.2) is 0 Å². The van der Waals surface area contributed by atoms with Crippen molar-refractivity contribution in [1.29, 1.82) is 0 Å². The molecule has 6 heteroatoms. The summed E-state index contributed by atoms with van der Waals surface area (Å²) in [6.07, 6.45) is 3.86. The van der Waals surface area contributed by atoms with Crippen LogP contribution in [0.3, 0.4) is 0 Å². The summed E-state index contributed by atoms with van der Waals surface area (Å²) in [5.41, 5.74) is 2.50. The van der Waals surface area contributed by atoms with Crippen LogP contribution >= 0.6 is 11.6 Å². The number of hydrogen-bond donors (Lipinski definition) is 1. The van der Waals surface area contributed by atoms with Crippen molar-refractivity contribution in [2.24, 2.45) is 0 Å². The maximum absolute atomic E-state index is 5.84. The van der Waals surface area contributed by atoms with Gasteiger partial charge in [-0.2, -0.15) is 0 Å². The number of piperidine rings is 1. The highest BCUT2D eigenvalue weighted by molar-refractivity contribution is 6.28. The lowest BCUT2D eigenvalue weighted by atomic mass is 10.0. The van der Waals surface area contributed by atoms with Crippen LogP contribution in [-0.4, -0.2) is 40.6 Å². The Morgan fingerprint density at radius 1 is 1.28 bits per heavy atom. The van der Waals surface area contributed by atoms with E-state index in [2.05, 4.69) is 45.3 Å². The van der Waals surface area contributed by atoms with Crippen LogP contribution in [0, 0.1) is 6.92 Å². The fraction of sp³-hybridized carbons (Fsp3) is 0.474. The number of ether oxygens (including phenoxy) is 1.